The van der Waals surface area contributed by atoms with Gasteiger partial charge in [-0.05, 0) is 42.0 Å². The lowest BCUT2D eigenvalue weighted by Gasteiger charge is -2.17. The van der Waals surface area contributed by atoms with Crippen LogP contribution >= 0.6 is 0 Å². The Hall–Kier alpha value is -2.20. The van der Waals surface area contributed by atoms with Gasteiger partial charge in [-0.3, -0.25) is 0 Å². The third-order valence-electron chi connectivity index (χ3n) is 3.38. The molecule has 112 valence electrons. The molecule has 0 aromatic heterocycles. The number of ether oxygens (including phenoxy) is 3. The smallest absolute Gasteiger partial charge is 0.119 e. The SMILES string of the molecule is COc1ccc(OCC(CN)c2ccc(OC)cc2)cc1. The van der Waals surface area contributed by atoms with Crippen LogP contribution in [0, 0.1) is 0 Å². The van der Waals surface area contributed by atoms with Gasteiger partial charge in [0, 0.05) is 12.5 Å². The summed E-state index contributed by atoms with van der Waals surface area (Å²) in [5, 5.41) is 0. The third-order valence-corrected chi connectivity index (χ3v) is 3.38. The van der Waals surface area contributed by atoms with Crippen LogP contribution < -0.4 is 19.9 Å². The Balaban J connectivity index is 1.97. The summed E-state index contributed by atoms with van der Waals surface area (Å²) in [5.41, 5.74) is 7.00. The van der Waals surface area contributed by atoms with Gasteiger partial charge in [0.1, 0.15) is 17.2 Å². The first-order valence-corrected chi connectivity index (χ1v) is 6.87. The molecule has 0 aliphatic rings. The Morgan fingerprint density at radius 3 is 1.76 bits per heavy atom. The van der Waals surface area contributed by atoms with E-state index in [0.29, 0.717) is 13.2 Å². The molecule has 0 fully saturated rings. The van der Waals surface area contributed by atoms with E-state index in [4.69, 9.17) is 19.9 Å². The first kappa shape index (κ1) is 15.2. The molecular weight excluding hydrogens is 266 g/mol. The number of rotatable bonds is 7. The van der Waals surface area contributed by atoms with Gasteiger partial charge in [-0.15, -0.1) is 0 Å². The molecule has 2 aromatic carbocycles. The molecule has 0 saturated carbocycles. The standard InChI is InChI=1S/C17H21NO3/c1-19-15-5-3-13(4-6-15)14(11-18)12-21-17-9-7-16(20-2)8-10-17/h3-10,14H,11-12,18H2,1-2H3. The first-order valence-electron chi connectivity index (χ1n) is 6.87. The normalized spacial score (nSPS) is 11.8. The van der Waals surface area contributed by atoms with Crippen molar-refractivity contribution >= 4 is 0 Å². The lowest BCUT2D eigenvalue weighted by Crippen LogP contribution is -2.19. The van der Waals surface area contributed by atoms with E-state index in [1.54, 1.807) is 14.2 Å². The van der Waals surface area contributed by atoms with E-state index < -0.39 is 0 Å². The molecule has 0 radical (unpaired) electrons. The van der Waals surface area contributed by atoms with Crippen molar-refractivity contribution in [2.24, 2.45) is 5.73 Å². The Labute approximate surface area is 125 Å². The van der Waals surface area contributed by atoms with E-state index in [2.05, 4.69) is 0 Å². The van der Waals surface area contributed by atoms with Crippen molar-refractivity contribution in [2.45, 2.75) is 5.92 Å². The Bertz CT molecular complexity index is 537. The molecule has 2 N–H and O–H groups in total. The van der Waals surface area contributed by atoms with Crippen molar-refractivity contribution in [3.05, 3.63) is 54.1 Å². The third kappa shape index (κ3) is 4.13. The number of methoxy groups -OCH3 is 2. The van der Waals surface area contributed by atoms with Crippen LogP contribution in [0.5, 0.6) is 17.2 Å². The highest BCUT2D eigenvalue weighted by Gasteiger charge is 2.11. The summed E-state index contributed by atoms with van der Waals surface area (Å²) in [6.45, 7) is 1.07. The number of benzene rings is 2. The zero-order valence-electron chi connectivity index (χ0n) is 12.4. The minimum absolute atomic E-state index is 0.151. The second-order valence-corrected chi connectivity index (χ2v) is 4.69. The van der Waals surface area contributed by atoms with Crippen LogP contribution in [0.2, 0.25) is 0 Å². The second kappa shape index (κ2) is 7.55. The van der Waals surface area contributed by atoms with Gasteiger partial charge in [0.15, 0.2) is 0 Å². The molecule has 21 heavy (non-hydrogen) atoms. The summed E-state index contributed by atoms with van der Waals surface area (Å²) in [6.07, 6.45) is 0. The molecule has 2 aromatic rings. The second-order valence-electron chi connectivity index (χ2n) is 4.69. The van der Waals surface area contributed by atoms with Crippen molar-refractivity contribution in [3.63, 3.8) is 0 Å². The molecule has 0 saturated heterocycles. The van der Waals surface area contributed by atoms with Gasteiger partial charge in [0.25, 0.3) is 0 Å². The highest BCUT2D eigenvalue weighted by molar-refractivity contribution is 5.32. The van der Waals surface area contributed by atoms with Crippen molar-refractivity contribution in [1.29, 1.82) is 0 Å². The molecule has 0 spiro atoms. The summed E-state index contributed by atoms with van der Waals surface area (Å²) in [4.78, 5) is 0. The summed E-state index contributed by atoms with van der Waals surface area (Å²) >= 11 is 0. The topological polar surface area (TPSA) is 53.7 Å². The molecule has 1 atom stereocenters. The summed E-state index contributed by atoms with van der Waals surface area (Å²) in [5.74, 6) is 2.61. The highest BCUT2D eigenvalue weighted by Crippen LogP contribution is 2.22. The van der Waals surface area contributed by atoms with E-state index >= 15 is 0 Å². The zero-order chi connectivity index (χ0) is 15.1. The lowest BCUT2D eigenvalue weighted by atomic mass is 10.0. The van der Waals surface area contributed by atoms with Crippen molar-refractivity contribution < 1.29 is 14.2 Å². The minimum atomic E-state index is 0.151. The van der Waals surface area contributed by atoms with Gasteiger partial charge in [0.05, 0.1) is 20.8 Å². The van der Waals surface area contributed by atoms with Gasteiger partial charge < -0.3 is 19.9 Å². The number of hydrogen-bond donors (Lipinski definition) is 1. The van der Waals surface area contributed by atoms with Crippen LogP contribution in [0.1, 0.15) is 11.5 Å². The van der Waals surface area contributed by atoms with E-state index in [1.807, 2.05) is 48.5 Å². The summed E-state index contributed by atoms with van der Waals surface area (Å²) in [7, 11) is 3.30. The summed E-state index contributed by atoms with van der Waals surface area (Å²) in [6, 6.07) is 15.4. The van der Waals surface area contributed by atoms with Gasteiger partial charge in [0.2, 0.25) is 0 Å². The molecule has 0 heterocycles. The van der Waals surface area contributed by atoms with Crippen LogP contribution in [0.25, 0.3) is 0 Å². The average molecular weight is 287 g/mol. The molecule has 0 amide bonds. The monoisotopic (exact) mass is 287 g/mol. The first-order chi connectivity index (χ1) is 10.3. The van der Waals surface area contributed by atoms with E-state index in [1.165, 1.54) is 0 Å². The maximum Gasteiger partial charge on any atom is 0.119 e. The minimum Gasteiger partial charge on any atom is -0.497 e. The van der Waals surface area contributed by atoms with E-state index in [9.17, 15) is 0 Å². The highest BCUT2D eigenvalue weighted by atomic mass is 16.5. The fraction of sp³-hybridized carbons (Fsp3) is 0.294. The van der Waals surface area contributed by atoms with Gasteiger partial charge >= 0.3 is 0 Å². The number of hydrogen-bond acceptors (Lipinski definition) is 4. The maximum absolute atomic E-state index is 5.85. The zero-order valence-corrected chi connectivity index (χ0v) is 12.4. The molecule has 1 unspecified atom stereocenters. The largest absolute Gasteiger partial charge is 0.497 e. The molecule has 0 aliphatic heterocycles. The van der Waals surface area contributed by atoms with Crippen LogP contribution in [-0.4, -0.2) is 27.4 Å². The van der Waals surface area contributed by atoms with Crippen LogP contribution in [-0.2, 0) is 0 Å². The van der Waals surface area contributed by atoms with Crippen LogP contribution in [0.3, 0.4) is 0 Å². The molecule has 2 rings (SSSR count). The number of nitrogens with two attached hydrogens (primary N) is 1. The lowest BCUT2D eigenvalue weighted by molar-refractivity contribution is 0.289. The quantitative estimate of drug-likeness (QED) is 0.851. The average Bonchev–Trinajstić information content (AvgIpc) is 2.56. The molecular formula is C17H21NO3. The maximum atomic E-state index is 5.85. The Morgan fingerprint density at radius 2 is 1.29 bits per heavy atom. The predicted octanol–water partition coefficient (Wildman–Crippen LogP) is 2.83. The van der Waals surface area contributed by atoms with Crippen LogP contribution in [0.4, 0.5) is 0 Å². The molecule has 0 bridgehead atoms. The Kier molecular flexibility index (Phi) is 5.46. The van der Waals surface area contributed by atoms with Gasteiger partial charge in [-0.1, -0.05) is 12.1 Å². The fourth-order valence-electron chi connectivity index (χ4n) is 2.05. The van der Waals surface area contributed by atoms with Gasteiger partial charge in [-0.25, -0.2) is 0 Å². The van der Waals surface area contributed by atoms with E-state index in [-0.39, 0.29) is 5.92 Å². The molecule has 0 aliphatic carbocycles. The van der Waals surface area contributed by atoms with E-state index in [0.717, 1.165) is 22.8 Å². The molecule has 4 nitrogen and oxygen atoms in total. The van der Waals surface area contributed by atoms with Gasteiger partial charge in [-0.2, -0.15) is 0 Å². The van der Waals surface area contributed by atoms with Crippen molar-refractivity contribution in [1.82, 2.24) is 0 Å². The Morgan fingerprint density at radius 1 is 0.810 bits per heavy atom. The fourth-order valence-corrected chi connectivity index (χ4v) is 2.05. The predicted molar refractivity (Wildman–Crippen MR) is 83.3 cm³/mol. The van der Waals surface area contributed by atoms with Crippen LogP contribution in [0.15, 0.2) is 48.5 Å². The van der Waals surface area contributed by atoms with Crippen molar-refractivity contribution in [3.8, 4) is 17.2 Å². The van der Waals surface area contributed by atoms with Crippen molar-refractivity contribution in [2.75, 3.05) is 27.4 Å². The summed E-state index contributed by atoms with van der Waals surface area (Å²) < 4.78 is 16.1. The molecule has 4 heteroatoms.